The molecule has 2 fully saturated rings. The zero-order chi connectivity index (χ0) is 42.7. The number of hydrogen-bond acceptors (Lipinski definition) is 12. The van der Waals surface area contributed by atoms with E-state index in [1.165, 1.54) is 32.4 Å². The van der Waals surface area contributed by atoms with Gasteiger partial charge in [0.05, 0.1) is 30.3 Å². The molecular weight excluding hydrogens is 736 g/mol. The molecule has 0 bridgehead atoms. The van der Waals surface area contributed by atoms with Crippen molar-refractivity contribution in [1.82, 2.24) is 10.3 Å². The van der Waals surface area contributed by atoms with Crippen molar-refractivity contribution in [3.8, 4) is 5.75 Å². The lowest BCUT2D eigenvalue weighted by Crippen LogP contribution is -2.69. The third-order valence-electron chi connectivity index (χ3n) is 10.7. The number of Topliss-reactive ketones (excluding diaryl/α,β-unsaturated/α-hetero) is 1. The molecule has 1 aromatic heterocycles. The molecule has 0 aromatic carbocycles. The van der Waals surface area contributed by atoms with Crippen molar-refractivity contribution < 1.29 is 54.4 Å². The molecule has 57 heavy (non-hydrogen) atoms. The number of aliphatic hydroxyl groups is 5. The Bertz CT molecular complexity index is 1810. The van der Waals surface area contributed by atoms with Gasteiger partial charge in [-0.1, -0.05) is 101 Å². The normalized spacial score (nSPS) is 30.2. The molecule has 0 radical (unpaired) electrons. The summed E-state index contributed by atoms with van der Waals surface area (Å²) in [6.45, 7) is 12.2. The highest BCUT2D eigenvalue weighted by Gasteiger charge is 2.60. The second-order valence-corrected chi connectivity index (χ2v) is 15.0. The fraction of sp³-hybridized carbons (Fsp3) is 0.512. The monoisotopic (exact) mass is 796 g/mol. The lowest BCUT2D eigenvalue weighted by molar-refractivity contribution is -0.359. The van der Waals surface area contributed by atoms with Crippen LogP contribution in [0.3, 0.4) is 0 Å². The van der Waals surface area contributed by atoms with Crippen LogP contribution in [-0.2, 0) is 19.0 Å². The van der Waals surface area contributed by atoms with Gasteiger partial charge in [0, 0.05) is 31.2 Å². The summed E-state index contributed by atoms with van der Waals surface area (Å²) < 4.78 is 17.8. The molecule has 2 aliphatic heterocycles. The van der Waals surface area contributed by atoms with E-state index in [0.717, 1.165) is 5.57 Å². The first-order chi connectivity index (χ1) is 26.9. The molecule has 14 heteroatoms. The van der Waals surface area contributed by atoms with Crippen molar-refractivity contribution in [2.24, 2.45) is 17.3 Å². The minimum atomic E-state index is -2.34. The molecule has 14 nitrogen and oxygen atoms in total. The molecular formula is C43H60N2O12. The highest BCUT2D eigenvalue weighted by molar-refractivity contribution is 6.09. The number of H-pyrrole nitrogens is 1. The van der Waals surface area contributed by atoms with Gasteiger partial charge in [-0.25, -0.2) is 0 Å². The highest BCUT2D eigenvalue weighted by Crippen LogP contribution is 2.44. The molecule has 3 rings (SSSR count). The van der Waals surface area contributed by atoms with Crippen molar-refractivity contribution in [1.29, 1.82) is 0 Å². The molecule has 0 aliphatic carbocycles. The largest absolute Gasteiger partial charge is 0.507 e. The molecule has 2 aliphatic rings. The minimum Gasteiger partial charge on any atom is -0.507 e. The molecule has 1 amide bonds. The number of carbonyl (C=O) groups excluding carboxylic acids is 2. The predicted octanol–water partition coefficient (Wildman–Crippen LogP) is 3.07. The third-order valence-corrected chi connectivity index (χ3v) is 10.7. The second kappa shape index (κ2) is 21.0. The van der Waals surface area contributed by atoms with Crippen LogP contribution in [0.15, 0.2) is 101 Å². The number of hydrogen-bond donors (Lipinski definition) is 8. The number of methoxy groups -OCH3 is 1. The summed E-state index contributed by atoms with van der Waals surface area (Å²) in [6.07, 6.45) is 12.8. The minimum absolute atomic E-state index is 0.0817. The van der Waals surface area contributed by atoms with Crippen LogP contribution in [0.1, 0.15) is 65.2 Å². The van der Waals surface area contributed by atoms with Gasteiger partial charge in [-0.3, -0.25) is 14.4 Å². The van der Waals surface area contributed by atoms with Crippen LogP contribution in [0.25, 0.3) is 0 Å². The number of aromatic hydroxyl groups is 1. The average Bonchev–Trinajstić information content (AvgIpc) is 3.45. The van der Waals surface area contributed by atoms with Gasteiger partial charge >= 0.3 is 0 Å². The van der Waals surface area contributed by atoms with E-state index < -0.39 is 94.9 Å². The number of ketones is 1. The molecule has 1 aromatic rings. The molecule has 2 saturated heterocycles. The number of pyridine rings is 1. The van der Waals surface area contributed by atoms with Crippen LogP contribution in [0.4, 0.5) is 0 Å². The van der Waals surface area contributed by atoms with Gasteiger partial charge in [-0.05, 0) is 44.4 Å². The zero-order valence-electron chi connectivity index (χ0n) is 33.9. The van der Waals surface area contributed by atoms with E-state index in [9.17, 15) is 45.0 Å². The molecule has 3 heterocycles. The smallest absolute Gasteiger partial charge is 0.262 e. The predicted molar refractivity (Wildman–Crippen MR) is 215 cm³/mol. The fourth-order valence-electron chi connectivity index (χ4n) is 7.12. The van der Waals surface area contributed by atoms with Crippen LogP contribution in [0.5, 0.6) is 5.75 Å². The van der Waals surface area contributed by atoms with Gasteiger partial charge in [0.2, 0.25) is 11.7 Å². The Labute approximate surface area is 334 Å². The molecule has 0 saturated carbocycles. The Morgan fingerprint density at radius 3 is 2.32 bits per heavy atom. The van der Waals surface area contributed by atoms with E-state index in [1.54, 1.807) is 81.5 Å². The number of aromatic amines is 1. The average molecular weight is 797 g/mol. The molecule has 8 N–H and O–H groups in total. The van der Waals surface area contributed by atoms with Crippen molar-refractivity contribution in [2.45, 2.75) is 110 Å². The Morgan fingerprint density at radius 1 is 1.00 bits per heavy atom. The van der Waals surface area contributed by atoms with Crippen LogP contribution in [-0.4, -0.2) is 116 Å². The summed E-state index contributed by atoms with van der Waals surface area (Å²) in [5.41, 5.74) is -1.02. The lowest BCUT2D eigenvalue weighted by Gasteiger charge is -2.53. The van der Waals surface area contributed by atoms with Gasteiger partial charge in [0.15, 0.2) is 5.78 Å². The van der Waals surface area contributed by atoms with E-state index in [2.05, 4.69) is 10.3 Å². The number of allylic oxidation sites excluding steroid dienone is 10. The molecule has 0 unspecified atom stereocenters. The van der Waals surface area contributed by atoms with Crippen molar-refractivity contribution in [3.05, 3.63) is 112 Å². The summed E-state index contributed by atoms with van der Waals surface area (Å²) in [4.78, 5) is 40.2. The number of rotatable bonds is 17. The quantitative estimate of drug-likeness (QED) is 0.0647. The molecule has 0 spiro atoms. The number of aromatic nitrogens is 1. The van der Waals surface area contributed by atoms with Crippen molar-refractivity contribution >= 4 is 11.7 Å². The summed E-state index contributed by atoms with van der Waals surface area (Å²) in [5.74, 6) is -5.55. The summed E-state index contributed by atoms with van der Waals surface area (Å²) in [6, 6.07) is 1.22. The Balaban J connectivity index is 1.60. The number of nitrogens with one attached hydrogen (secondary N) is 2. The van der Waals surface area contributed by atoms with Crippen molar-refractivity contribution in [3.63, 3.8) is 0 Å². The van der Waals surface area contributed by atoms with Gasteiger partial charge in [-0.2, -0.15) is 0 Å². The van der Waals surface area contributed by atoms with Crippen molar-refractivity contribution in [2.75, 3.05) is 13.7 Å². The zero-order valence-corrected chi connectivity index (χ0v) is 33.9. The topological polar surface area (TPSA) is 228 Å². The first-order valence-corrected chi connectivity index (χ1v) is 19.1. The Morgan fingerprint density at radius 2 is 1.68 bits per heavy atom. The third kappa shape index (κ3) is 11.0. The first-order valence-electron chi connectivity index (χ1n) is 19.1. The summed E-state index contributed by atoms with van der Waals surface area (Å²) in [5, 5.41) is 67.8. The van der Waals surface area contributed by atoms with Crippen LogP contribution < -0.4 is 10.9 Å². The Hall–Kier alpha value is -4.25. The number of aliphatic hydroxyl groups excluding tert-OH is 4. The van der Waals surface area contributed by atoms with E-state index in [-0.39, 0.29) is 24.1 Å². The van der Waals surface area contributed by atoms with Crippen LogP contribution >= 0.6 is 0 Å². The van der Waals surface area contributed by atoms with E-state index in [4.69, 9.17) is 14.2 Å². The molecule has 314 valence electrons. The van der Waals surface area contributed by atoms with E-state index in [0.29, 0.717) is 0 Å². The summed E-state index contributed by atoms with van der Waals surface area (Å²) in [7, 11) is 1.52. The lowest BCUT2D eigenvalue weighted by atomic mass is 9.71. The maximum Gasteiger partial charge on any atom is 0.262 e. The van der Waals surface area contributed by atoms with E-state index >= 15 is 0 Å². The number of carbonyl (C=O) groups is 2. The number of amides is 1. The number of ether oxygens (including phenoxy) is 3. The van der Waals surface area contributed by atoms with Gasteiger partial charge in [-0.15, -0.1) is 0 Å². The fourth-order valence-corrected chi connectivity index (χ4v) is 7.12. The SMILES string of the molecule is C/C=C\C=C\[C@@H]1O[C@](O)([C@H](CC)C(=O)NC/C=C/C=C(\C)[C@@H](OC)[C@H](C)[C@@H]2O[C@H](/C=C/C=C/C=C(\C)C(=O)c3c(O)cc[nH]c3=O)[C@H](O)[C@@H]2O)[C@H](O)[C@H](O)C1(C)C. The standard InChI is InChI=1S/C43H60N2O12/c1-9-11-13-21-31-42(6,7)38(50)39(51)43(54,57-31)28(10-2)40(52)44-23-17-16-19-26(4)36(55-8)27(5)37-35(49)34(48)30(56-37)20-15-12-14-18-25(3)33(47)32-29(46)22-24-45-41(32)53/h9,11-22,24,27-28,30-31,34-39,48-51,54H,10,23H2,1-8H3,(H,44,52)(H2,45,46,53)/b11-9-,14-12+,17-16+,20-15+,21-13+,25-18+,26-19+/t27-,28+,30+,31-,34-,35-,36+,37-,38-,39+,43+/m0/s1. The molecule has 11 atom stereocenters. The van der Waals surface area contributed by atoms with E-state index in [1.807, 2.05) is 26.8 Å². The Kier molecular flexibility index (Phi) is 17.3. The van der Waals surface area contributed by atoms with Gasteiger partial charge in [0.1, 0.15) is 35.7 Å². The van der Waals surface area contributed by atoms with Crippen LogP contribution in [0.2, 0.25) is 0 Å². The maximum atomic E-state index is 13.3. The second-order valence-electron chi connectivity index (χ2n) is 15.0. The first kappa shape index (κ1) is 47.1. The summed E-state index contributed by atoms with van der Waals surface area (Å²) >= 11 is 0. The van der Waals surface area contributed by atoms with Gasteiger partial charge < -0.3 is 55.2 Å². The van der Waals surface area contributed by atoms with Gasteiger partial charge in [0.25, 0.3) is 5.56 Å². The highest BCUT2D eigenvalue weighted by atomic mass is 16.7. The van der Waals surface area contributed by atoms with Crippen LogP contribution in [0, 0.1) is 17.3 Å². The maximum absolute atomic E-state index is 13.3.